The second-order valence-corrected chi connectivity index (χ2v) is 3.62. The summed E-state index contributed by atoms with van der Waals surface area (Å²) in [6.07, 6.45) is 0. The molecular weight excluding hydrogens is 174 g/mol. The molecule has 0 aromatic rings. The lowest BCUT2D eigenvalue weighted by Crippen LogP contribution is -2.37. The molecule has 0 aliphatic rings. The van der Waals surface area contributed by atoms with Gasteiger partial charge in [-0.15, -0.1) is 0 Å². The summed E-state index contributed by atoms with van der Waals surface area (Å²) in [6.45, 7) is 0. The van der Waals surface area contributed by atoms with Gasteiger partial charge in [0, 0.05) is 0 Å². The number of carboxylic acids is 1. The van der Waals surface area contributed by atoms with Gasteiger partial charge in [-0.2, -0.15) is 8.42 Å². The minimum atomic E-state index is -3.77. The summed E-state index contributed by atoms with van der Waals surface area (Å²) >= 11 is 0. The van der Waals surface area contributed by atoms with Crippen molar-refractivity contribution in [1.29, 1.82) is 0 Å². The molecule has 1 atom stereocenters. The standard InChI is InChI=1S/C4H9NO5S/c1-10-11(8,9)2-3(5)4(6)7/h3H,2,5H2,1H3,(H,6,7). The van der Waals surface area contributed by atoms with Crippen LogP contribution < -0.4 is 5.73 Å². The normalized spacial score (nSPS) is 14.4. The van der Waals surface area contributed by atoms with E-state index in [1.54, 1.807) is 0 Å². The third kappa shape index (κ3) is 3.91. The number of rotatable bonds is 4. The van der Waals surface area contributed by atoms with Gasteiger partial charge in [-0.05, 0) is 0 Å². The molecule has 0 aliphatic heterocycles. The maximum absolute atomic E-state index is 10.5. The Hall–Kier alpha value is -0.660. The van der Waals surface area contributed by atoms with Gasteiger partial charge < -0.3 is 10.8 Å². The van der Waals surface area contributed by atoms with Gasteiger partial charge in [-0.3, -0.25) is 8.98 Å². The molecule has 0 saturated heterocycles. The Morgan fingerprint density at radius 1 is 1.73 bits per heavy atom. The summed E-state index contributed by atoms with van der Waals surface area (Å²) in [5.74, 6) is -2.08. The van der Waals surface area contributed by atoms with E-state index < -0.39 is 27.9 Å². The van der Waals surface area contributed by atoms with E-state index >= 15 is 0 Å². The average molecular weight is 183 g/mol. The zero-order valence-corrected chi connectivity index (χ0v) is 6.67. The number of carbonyl (C=O) groups is 1. The highest BCUT2D eigenvalue weighted by Gasteiger charge is 2.20. The first-order valence-electron chi connectivity index (χ1n) is 2.65. The fourth-order valence-corrected chi connectivity index (χ4v) is 1.08. The van der Waals surface area contributed by atoms with Crippen LogP contribution in [0.1, 0.15) is 0 Å². The molecule has 0 aliphatic carbocycles. The highest BCUT2D eigenvalue weighted by molar-refractivity contribution is 7.86. The van der Waals surface area contributed by atoms with Gasteiger partial charge in [-0.25, -0.2) is 0 Å². The predicted octanol–water partition coefficient (Wildman–Crippen LogP) is -1.63. The second kappa shape index (κ2) is 3.65. The van der Waals surface area contributed by atoms with Gasteiger partial charge in [0.15, 0.2) is 0 Å². The summed E-state index contributed by atoms with van der Waals surface area (Å²) in [7, 11) is -2.82. The predicted molar refractivity (Wildman–Crippen MR) is 36.4 cm³/mol. The fourth-order valence-electron chi connectivity index (χ4n) is 0.359. The van der Waals surface area contributed by atoms with Crippen molar-refractivity contribution in [1.82, 2.24) is 0 Å². The van der Waals surface area contributed by atoms with Crippen molar-refractivity contribution < 1.29 is 22.5 Å². The average Bonchev–Trinajstić information content (AvgIpc) is 1.87. The van der Waals surface area contributed by atoms with Crippen LogP contribution in [0.25, 0.3) is 0 Å². The summed E-state index contributed by atoms with van der Waals surface area (Å²) < 4.78 is 25.1. The summed E-state index contributed by atoms with van der Waals surface area (Å²) in [5.41, 5.74) is 4.92. The SMILES string of the molecule is COS(=O)(=O)CC(N)C(=O)O. The van der Waals surface area contributed by atoms with Crippen molar-refractivity contribution in [3.8, 4) is 0 Å². The van der Waals surface area contributed by atoms with E-state index in [9.17, 15) is 13.2 Å². The van der Waals surface area contributed by atoms with Gasteiger partial charge in [0.05, 0.1) is 7.11 Å². The Morgan fingerprint density at radius 3 is 2.45 bits per heavy atom. The van der Waals surface area contributed by atoms with Gasteiger partial charge in [0.25, 0.3) is 10.1 Å². The van der Waals surface area contributed by atoms with Gasteiger partial charge in [0.1, 0.15) is 11.8 Å². The lowest BCUT2D eigenvalue weighted by Gasteiger charge is -2.04. The fraction of sp³-hybridized carbons (Fsp3) is 0.750. The molecule has 0 heterocycles. The molecule has 3 N–H and O–H groups in total. The van der Waals surface area contributed by atoms with Crippen molar-refractivity contribution in [3.63, 3.8) is 0 Å². The zero-order chi connectivity index (χ0) is 9.07. The summed E-state index contributed by atoms with van der Waals surface area (Å²) in [5, 5.41) is 8.20. The molecule has 0 bridgehead atoms. The van der Waals surface area contributed by atoms with Gasteiger partial charge >= 0.3 is 5.97 Å². The molecule has 66 valence electrons. The molecular formula is C4H9NO5S. The number of hydrogen-bond acceptors (Lipinski definition) is 5. The van der Waals surface area contributed by atoms with E-state index in [1.807, 2.05) is 0 Å². The smallest absolute Gasteiger partial charge is 0.321 e. The van der Waals surface area contributed by atoms with E-state index in [0.717, 1.165) is 7.11 Å². The molecule has 0 aromatic carbocycles. The van der Waals surface area contributed by atoms with Crippen molar-refractivity contribution >= 4 is 16.1 Å². The number of aliphatic carboxylic acids is 1. The molecule has 11 heavy (non-hydrogen) atoms. The zero-order valence-electron chi connectivity index (χ0n) is 5.85. The van der Waals surface area contributed by atoms with E-state index in [1.165, 1.54) is 0 Å². The Bertz CT molecular complexity index is 233. The second-order valence-electron chi connectivity index (χ2n) is 1.84. The molecule has 0 fully saturated rings. The molecule has 0 radical (unpaired) electrons. The summed E-state index contributed by atoms with van der Waals surface area (Å²) in [6, 6.07) is -1.43. The molecule has 1 unspecified atom stereocenters. The molecule has 0 rings (SSSR count). The maximum atomic E-state index is 10.5. The van der Waals surface area contributed by atoms with Crippen molar-refractivity contribution in [2.45, 2.75) is 6.04 Å². The Balaban J connectivity index is 4.16. The summed E-state index contributed by atoms with van der Waals surface area (Å²) in [4.78, 5) is 10.0. The molecule has 6 nitrogen and oxygen atoms in total. The Labute approximate surface area is 64.1 Å². The number of nitrogens with two attached hydrogens (primary N) is 1. The number of hydrogen-bond donors (Lipinski definition) is 2. The van der Waals surface area contributed by atoms with E-state index in [2.05, 4.69) is 4.18 Å². The molecule has 0 spiro atoms. The van der Waals surface area contributed by atoms with Crippen molar-refractivity contribution in [2.24, 2.45) is 5.73 Å². The van der Waals surface area contributed by atoms with E-state index in [0.29, 0.717) is 0 Å². The van der Waals surface area contributed by atoms with Crippen LogP contribution in [0, 0.1) is 0 Å². The first kappa shape index (κ1) is 10.3. The minimum Gasteiger partial charge on any atom is -0.480 e. The van der Waals surface area contributed by atoms with Crippen LogP contribution in [0.5, 0.6) is 0 Å². The van der Waals surface area contributed by atoms with E-state index in [-0.39, 0.29) is 0 Å². The topological polar surface area (TPSA) is 107 Å². The minimum absolute atomic E-state index is 0.709. The first-order chi connectivity index (χ1) is 4.89. The van der Waals surface area contributed by atoms with Crippen LogP contribution in [0.15, 0.2) is 0 Å². The highest BCUT2D eigenvalue weighted by atomic mass is 32.2. The lowest BCUT2D eigenvalue weighted by molar-refractivity contribution is -0.138. The van der Waals surface area contributed by atoms with Crippen LogP contribution in [-0.2, 0) is 19.1 Å². The van der Waals surface area contributed by atoms with Crippen molar-refractivity contribution in [2.75, 3.05) is 12.9 Å². The van der Waals surface area contributed by atoms with Crippen LogP contribution in [0.2, 0.25) is 0 Å². The van der Waals surface area contributed by atoms with Crippen LogP contribution in [0.3, 0.4) is 0 Å². The van der Waals surface area contributed by atoms with Crippen LogP contribution in [0.4, 0.5) is 0 Å². The van der Waals surface area contributed by atoms with Gasteiger partial charge in [-0.1, -0.05) is 0 Å². The van der Waals surface area contributed by atoms with E-state index in [4.69, 9.17) is 10.8 Å². The van der Waals surface area contributed by atoms with Crippen LogP contribution >= 0.6 is 0 Å². The Kier molecular flexibility index (Phi) is 3.43. The maximum Gasteiger partial charge on any atom is 0.321 e. The highest BCUT2D eigenvalue weighted by Crippen LogP contribution is 1.92. The molecule has 7 heteroatoms. The molecule has 0 saturated carbocycles. The van der Waals surface area contributed by atoms with Gasteiger partial charge in [0.2, 0.25) is 0 Å². The number of carboxylic acid groups (broad SMARTS) is 1. The molecule has 0 aromatic heterocycles. The van der Waals surface area contributed by atoms with Crippen LogP contribution in [-0.4, -0.2) is 38.4 Å². The lowest BCUT2D eigenvalue weighted by atomic mass is 10.4. The quantitative estimate of drug-likeness (QED) is 0.507. The third-order valence-corrected chi connectivity index (χ3v) is 2.23. The monoisotopic (exact) mass is 183 g/mol. The molecule has 0 amide bonds. The first-order valence-corrected chi connectivity index (χ1v) is 4.23. The largest absolute Gasteiger partial charge is 0.480 e. The third-order valence-electron chi connectivity index (χ3n) is 0.955. The van der Waals surface area contributed by atoms with Crippen molar-refractivity contribution in [3.05, 3.63) is 0 Å². The Morgan fingerprint density at radius 2 is 2.18 bits per heavy atom.